The molecule has 0 N–H and O–H groups in total. The molecule has 0 unspecified atom stereocenters. The molecule has 3 heteroatoms. The number of carbonyl (C=O) groups is 1. The van der Waals surface area contributed by atoms with Crippen molar-refractivity contribution < 1.29 is 4.79 Å². The predicted molar refractivity (Wildman–Crippen MR) is 39.6 cm³/mol. The van der Waals surface area contributed by atoms with Crippen LogP contribution in [0.4, 0.5) is 0 Å². The first-order valence-corrected chi connectivity index (χ1v) is 4.06. The Bertz CT molecular complexity index is 144. The van der Waals surface area contributed by atoms with E-state index in [9.17, 15) is 4.79 Å². The molecule has 1 amide bonds. The van der Waals surface area contributed by atoms with Crippen LogP contribution < -0.4 is 0 Å². The van der Waals surface area contributed by atoms with Gasteiger partial charge in [-0.1, -0.05) is 15.9 Å². The molecule has 0 aromatic rings. The van der Waals surface area contributed by atoms with Crippen LogP contribution in [-0.2, 0) is 4.79 Å². The minimum atomic E-state index is 0.144. The number of nitrogens with zero attached hydrogens (tertiary/aromatic N) is 1. The molecule has 52 valence electrons. The van der Waals surface area contributed by atoms with Gasteiger partial charge in [0.1, 0.15) is 0 Å². The second-order valence-corrected chi connectivity index (χ2v) is 3.49. The van der Waals surface area contributed by atoms with E-state index in [1.807, 2.05) is 4.90 Å². The van der Waals surface area contributed by atoms with Gasteiger partial charge in [0.15, 0.2) is 0 Å². The van der Waals surface area contributed by atoms with Crippen LogP contribution in [0.3, 0.4) is 0 Å². The van der Waals surface area contributed by atoms with E-state index < -0.39 is 0 Å². The maximum Gasteiger partial charge on any atom is 0.233 e. The first-order chi connectivity index (χ1) is 4.08. The molecule has 1 heterocycles. The molecule has 1 aliphatic heterocycles. The largest absolute Gasteiger partial charge is 0.333 e. The van der Waals surface area contributed by atoms with Gasteiger partial charge < -0.3 is 4.90 Å². The maximum atomic E-state index is 10.9. The van der Waals surface area contributed by atoms with Gasteiger partial charge in [0, 0.05) is 6.54 Å². The third-order valence-corrected chi connectivity index (χ3v) is 2.07. The second kappa shape index (κ2) is 1.97. The lowest BCUT2D eigenvalue weighted by Gasteiger charge is -2.02. The molecule has 2 nitrogen and oxygen atoms in total. The van der Waals surface area contributed by atoms with Gasteiger partial charge >= 0.3 is 0 Å². The summed E-state index contributed by atoms with van der Waals surface area (Å²) in [5.74, 6) is 0.194. The van der Waals surface area contributed by atoms with E-state index >= 15 is 0 Å². The van der Waals surface area contributed by atoms with Crippen LogP contribution in [0.25, 0.3) is 0 Å². The zero-order valence-electron chi connectivity index (χ0n) is 5.65. The fourth-order valence-electron chi connectivity index (χ4n) is 0.849. The lowest BCUT2D eigenvalue weighted by molar-refractivity contribution is -0.123. The fourth-order valence-corrected chi connectivity index (χ4v) is 1.15. The fraction of sp³-hybridized carbons (Fsp3) is 0.833. The highest BCUT2D eigenvalue weighted by Gasteiger charge is 2.45. The average molecular weight is 192 g/mol. The number of amides is 1. The smallest absolute Gasteiger partial charge is 0.233 e. The van der Waals surface area contributed by atoms with Gasteiger partial charge in [0.2, 0.25) is 5.91 Å². The molecular weight excluding hydrogens is 182 g/mol. The molecule has 0 radical (unpaired) electrons. The Labute approximate surface area is 63.3 Å². The Kier molecular flexibility index (Phi) is 1.55. The minimum Gasteiger partial charge on any atom is -0.333 e. The Morgan fingerprint density at radius 2 is 2.22 bits per heavy atom. The standard InChI is InChI=1S/C6H10BrNO/c1-6(2)4-8(6)5(9)3-7/h3-4H2,1-2H3. The summed E-state index contributed by atoms with van der Waals surface area (Å²) in [5, 5.41) is 0.455. The summed E-state index contributed by atoms with van der Waals surface area (Å²) in [6.07, 6.45) is 0. The van der Waals surface area contributed by atoms with Gasteiger partial charge in [-0.15, -0.1) is 0 Å². The molecule has 0 spiro atoms. The molecule has 1 rings (SSSR count). The van der Waals surface area contributed by atoms with E-state index in [0.717, 1.165) is 6.54 Å². The van der Waals surface area contributed by atoms with Gasteiger partial charge in [-0.3, -0.25) is 4.79 Å². The van der Waals surface area contributed by atoms with E-state index in [-0.39, 0.29) is 11.4 Å². The maximum absolute atomic E-state index is 10.9. The number of halogens is 1. The molecule has 1 aliphatic rings. The molecule has 0 aromatic heterocycles. The van der Waals surface area contributed by atoms with E-state index in [1.165, 1.54) is 0 Å². The summed E-state index contributed by atoms with van der Waals surface area (Å²) in [7, 11) is 0. The monoisotopic (exact) mass is 191 g/mol. The Balaban J connectivity index is 2.42. The highest BCUT2D eigenvalue weighted by molar-refractivity contribution is 9.09. The third-order valence-electron chi connectivity index (χ3n) is 1.59. The molecule has 0 aliphatic carbocycles. The van der Waals surface area contributed by atoms with Gasteiger partial charge in [0.25, 0.3) is 0 Å². The summed E-state index contributed by atoms with van der Waals surface area (Å²) in [6.45, 7) is 5.04. The molecule has 1 saturated heterocycles. The van der Waals surface area contributed by atoms with E-state index in [0.29, 0.717) is 5.33 Å². The van der Waals surface area contributed by atoms with Crippen molar-refractivity contribution in [2.75, 3.05) is 11.9 Å². The van der Waals surface area contributed by atoms with Crippen molar-refractivity contribution in [3.63, 3.8) is 0 Å². The van der Waals surface area contributed by atoms with Crippen LogP contribution in [0.15, 0.2) is 0 Å². The quantitative estimate of drug-likeness (QED) is 0.448. The van der Waals surface area contributed by atoms with Gasteiger partial charge in [0.05, 0.1) is 10.9 Å². The van der Waals surface area contributed by atoms with Crippen LogP contribution in [-0.4, -0.2) is 28.2 Å². The van der Waals surface area contributed by atoms with Crippen LogP contribution in [0.5, 0.6) is 0 Å². The number of hydrogen-bond acceptors (Lipinski definition) is 1. The zero-order chi connectivity index (χ0) is 7.07. The number of hydrogen-bond donors (Lipinski definition) is 0. The Morgan fingerprint density at radius 3 is 2.33 bits per heavy atom. The van der Waals surface area contributed by atoms with Crippen molar-refractivity contribution >= 4 is 21.8 Å². The van der Waals surface area contributed by atoms with Crippen LogP contribution in [0.2, 0.25) is 0 Å². The van der Waals surface area contributed by atoms with Gasteiger partial charge in [-0.25, -0.2) is 0 Å². The first-order valence-electron chi connectivity index (χ1n) is 2.94. The van der Waals surface area contributed by atoms with Crippen molar-refractivity contribution in [1.82, 2.24) is 4.90 Å². The molecular formula is C6H10BrNO. The molecule has 0 saturated carbocycles. The number of carbonyl (C=O) groups excluding carboxylic acids is 1. The van der Waals surface area contributed by atoms with Gasteiger partial charge in [-0.05, 0) is 13.8 Å². The van der Waals surface area contributed by atoms with Crippen molar-refractivity contribution in [1.29, 1.82) is 0 Å². The third kappa shape index (κ3) is 1.26. The Hall–Kier alpha value is -0.0500. The normalized spacial score (nSPS) is 21.9. The van der Waals surface area contributed by atoms with Crippen molar-refractivity contribution in [3.8, 4) is 0 Å². The molecule has 0 atom stereocenters. The summed E-state index contributed by atoms with van der Waals surface area (Å²) in [6, 6.07) is 0. The first kappa shape index (κ1) is 7.06. The lowest BCUT2D eigenvalue weighted by atomic mass is 10.2. The molecule has 0 bridgehead atoms. The lowest BCUT2D eigenvalue weighted by Crippen LogP contribution is -2.18. The van der Waals surface area contributed by atoms with Crippen molar-refractivity contribution in [2.45, 2.75) is 19.4 Å². The highest BCUT2D eigenvalue weighted by atomic mass is 79.9. The van der Waals surface area contributed by atoms with E-state index in [2.05, 4.69) is 29.8 Å². The Morgan fingerprint density at radius 1 is 1.78 bits per heavy atom. The highest BCUT2D eigenvalue weighted by Crippen LogP contribution is 2.30. The minimum absolute atomic E-state index is 0.144. The van der Waals surface area contributed by atoms with Crippen LogP contribution in [0.1, 0.15) is 13.8 Å². The predicted octanol–water partition coefficient (Wildman–Crippen LogP) is 1.00. The summed E-state index contributed by atoms with van der Waals surface area (Å²) in [5.41, 5.74) is 0.144. The summed E-state index contributed by atoms with van der Waals surface area (Å²) in [4.78, 5) is 12.7. The molecule has 9 heavy (non-hydrogen) atoms. The molecule has 1 fully saturated rings. The topological polar surface area (TPSA) is 20.1 Å². The van der Waals surface area contributed by atoms with E-state index in [4.69, 9.17) is 0 Å². The number of rotatable bonds is 1. The summed E-state index contributed by atoms with van der Waals surface area (Å²) < 4.78 is 0. The van der Waals surface area contributed by atoms with Crippen LogP contribution >= 0.6 is 15.9 Å². The summed E-state index contributed by atoms with van der Waals surface area (Å²) >= 11 is 3.12. The van der Waals surface area contributed by atoms with Crippen molar-refractivity contribution in [3.05, 3.63) is 0 Å². The number of alkyl halides is 1. The average Bonchev–Trinajstić information content (AvgIpc) is 2.38. The second-order valence-electron chi connectivity index (χ2n) is 2.93. The van der Waals surface area contributed by atoms with Gasteiger partial charge in [-0.2, -0.15) is 0 Å². The van der Waals surface area contributed by atoms with Crippen LogP contribution in [0, 0.1) is 0 Å². The van der Waals surface area contributed by atoms with Crippen molar-refractivity contribution in [2.24, 2.45) is 0 Å². The SMILES string of the molecule is CC1(C)CN1C(=O)CBr. The zero-order valence-corrected chi connectivity index (χ0v) is 7.23. The molecule has 0 aromatic carbocycles. The van der Waals surface area contributed by atoms with E-state index in [1.54, 1.807) is 0 Å².